The van der Waals surface area contributed by atoms with Gasteiger partial charge < -0.3 is 4.98 Å². The first kappa shape index (κ1) is 21.6. The van der Waals surface area contributed by atoms with Gasteiger partial charge in [0.05, 0.1) is 27.8 Å². The largest absolute Gasteiger partial charge is 0.321 e. The second-order valence-electron chi connectivity index (χ2n) is 7.32. The van der Waals surface area contributed by atoms with Crippen molar-refractivity contribution in [3.8, 4) is 11.3 Å². The van der Waals surface area contributed by atoms with Crippen LogP contribution >= 0.6 is 11.3 Å². The van der Waals surface area contributed by atoms with Crippen LogP contribution < -0.4 is 5.56 Å². The molecule has 0 aliphatic rings. The standard InChI is InChI=1S/C24H25N3O2S2/c1-3-27(4-2)14-17-10-11-18-13-20(24(28)26-21(18)12-17)22-15-30-23(25-22)16-31(29)19-8-6-5-7-9-19/h5-13,15H,3-4,14,16H2,1-2H3,(H,26,28). The molecule has 4 rings (SSSR count). The molecule has 0 fully saturated rings. The molecule has 0 aliphatic heterocycles. The van der Waals surface area contributed by atoms with E-state index < -0.39 is 10.8 Å². The topological polar surface area (TPSA) is 66.1 Å². The lowest BCUT2D eigenvalue weighted by atomic mass is 10.1. The van der Waals surface area contributed by atoms with Gasteiger partial charge in [-0.05, 0) is 48.3 Å². The van der Waals surface area contributed by atoms with E-state index in [-0.39, 0.29) is 5.56 Å². The Balaban J connectivity index is 1.58. The first-order valence-corrected chi connectivity index (χ1v) is 12.5. The molecule has 2 heterocycles. The molecule has 0 saturated heterocycles. The van der Waals surface area contributed by atoms with Crippen LogP contribution in [0.4, 0.5) is 0 Å². The number of H-pyrrole nitrogens is 1. The summed E-state index contributed by atoms with van der Waals surface area (Å²) in [5.41, 5.74) is 3.02. The molecule has 0 bridgehead atoms. The summed E-state index contributed by atoms with van der Waals surface area (Å²) in [5, 5.41) is 3.59. The van der Waals surface area contributed by atoms with Crippen LogP contribution in [0, 0.1) is 0 Å². The SMILES string of the molecule is CCN(CC)Cc1ccc2cc(-c3csc(CS(=O)c4ccccc4)n3)c(=O)[nH]c2c1. The summed E-state index contributed by atoms with van der Waals surface area (Å²) in [6.07, 6.45) is 0. The maximum atomic E-state index is 12.8. The molecular weight excluding hydrogens is 426 g/mol. The summed E-state index contributed by atoms with van der Waals surface area (Å²) in [4.78, 5) is 23.5. The quantitative estimate of drug-likeness (QED) is 0.418. The van der Waals surface area contributed by atoms with Crippen molar-refractivity contribution >= 4 is 33.0 Å². The monoisotopic (exact) mass is 451 g/mol. The molecule has 1 unspecified atom stereocenters. The number of aromatic amines is 1. The highest BCUT2D eigenvalue weighted by atomic mass is 32.2. The van der Waals surface area contributed by atoms with E-state index >= 15 is 0 Å². The van der Waals surface area contributed by atoms with Crippen molar-refractivity contribution in [3.63, 3.8) is 0 Å². The van der Waals surface area contributed by atoms with Crippen molar-refractivity contribution in [2.75, 3.05) is 13.1 Å². The van der Waals surface area contributed by atoms with Crippen molar-refractivity contribution in [2.24, 2.45) is 0 Å². The average Bonchev–Trinajstić information content (AvgIpc) is 3.25. The third-order valence-corrected chi connectivity index (χ3v) is 7.66. The van der Waals surface area contributed by atoms with E-state index in [1.165, 1.54) is 16.9 Å². The number of fused-ring (bicyclic) bond motifs is 1. The summed E-state index contributed by atoms with van der Waals surface area (Å²) in [6, 6.07) is 17.5. The van der Waals surface area contributed by atoms with Crippen LogP contribution in [0.1, 0.15) is 24.4 Å². The molecule has 0 radical (unpaired) electrons. The van der Waals surface area contributed by atoms with E-state index in [4.69, 9.17) is 0 Å². The molecule has 160 valence electrons. The third-order valence-electron chi connectivity index (χ3n) is 5.30. The molecule has 2 aromatic heterocycles. The number of rotatable bonds is 8. The number of hydrogen-bond acceptors (Lipinski definition) is 5. The van der Waals surface area contributed by atoms with Crippen molar-refractivity contribution in [1.82, 2.24) is 14.9 Å². The molecule has 0 aliphatic carbocycles. The zero-order valence-electron chi connectivity index (χ0n) is 17.6. The molecule has 7 heteroatoms. The van der Waals surface area contributed by atoms with Gasteiger partial charge in [0, 0.05) is 22.3 Å². The molecule has 0 amide bonds. The van der Waals surface area contributed by atoms with Crippen molar-refractivity contribution in [2.45, 2.75) is 31.0 Å². The van der Waals surface area contributed by atoms with Gasteiger partial charge in [-0.1, -0.05) is 44.2 Å². The fraction of sp³-hybridized carbons (Fsp3) is 0.250. The van der Waals surface area contributed by atoms with Gasteiger partial charge in [0.1, 0.15) is 5.01 Å². The van der Waals surface area contributed by atoms with Gasteiger partial charge in [0.25, 0.3) is 5.56 Å². The number of pyridine rings is 1. The maximum Gasteiger partial charge on any atom is 0.257 e. The normalized spacial score (nSPS) is 12.5. The Morgan fingerprint density at radius 2 is 1.84 bits per heavy atom. The van der Waals surface area contributed by atoms with E-state index in [2.05, 4.69) is 34.8 Å². The first-order valence-electron chi connectivity index (χ1n) is 10.3. The number of aromatic nitrogens is 2. The van der Waals surface area contributed by atoms with Gasteiger partial charge in [0.2, 0.25) is 0 Å². The zero-order chi connectivity index (χ0) is 21.8. The molecule has 1 atom stereocenters. The van der Waals surface area contributed by atoms with Crippen LogP contribution in [0.25, 0.3) is 22.2 Å². The van der Waals surface area contributed by atoms with Crippen LogP contribution in [0.15, 0.2) is 69.7 Å². The van der Waals surface area contributed by atoms with Crippen LogP contribution in [0.5, 0.6) is 0 Å². The smallest absolute Gasteiger partial charge is 0.257 e. The number of benzene rings is 2. The van der Waals surface area contributed by atoms with E-state index in [1.807, 2.05) is 53.9 Å². The minimum atomic E-state index is -1.16. The third kappa shape index (κ3) is 5.01. The highest BCUT2D eigenvalue weighted by molar-refractivity contribution is 7.84. The van der Waals surface area contributed by atoms with Gasteiger partial charge in [-0.3, -0.25) is 13.9 Å². The van der Waals surface area contributed by atoms with E-state index in [9.17, 15) is 9.00 Å². The van der Waals surface area contributed by atoms with Crippen LogP contribution in [0.2, 0.25) is 0 Å². The Labute approximate surface area is 188 Å². The molecule has 0 spiro atoms. The van der Waals surface area contributed by atoms with E-state index in [0.29, 0.717) is 17.0 Å². The average molecular weight is 452 g/mol. The second kappa shape index (κ2) is 9.68. The van der Waals surface area contributed by atoms with Gasteiger partial charge >= 0.3 is 0 Å². The minimum absolute atomic E-state index is 0.159. The maximum absolute atomic E-state index is 12.8. The predicted molar refractivity (Wildman–Crippen MR) is 129 cm³/mol. The van der Waals surface area contributed by atoms with Crippen LogP contribution in [0.3, 0.4) is 0 Å². The molecule has 4 aromatic rings. The van der Waals surface area contributed by atoms with Crippen LogP contribution in [-0.4, -0.2) is 32.2 Å². The Morgan fingerprint density at radius 1 is 1.06 bits per heavy atom. The van der Waals surface area contributed by atoms with Gasteiger partial charge in [0.15, 0.2) is 0 Å². The summed E-state index contributed by atoms with van der Waals surface area (Å²) in [7, 11) is -1.16. The number of nitrogens with zero attached hydrogens (tertiary/aromatic N) is 2. The zero-order valence-corrected chi connectivity index (χ0v) is 19.3. The van der Waals surface area contributed by atoms with Gasteiger partial charge in [-0.15, -0.1) is 11.3 Å². The summed E-state index contributed by atoms with van der Waals surface area (Å²) in [6.45, 7) is 7.14. The van der Waals surface area contributed by atoms with Crippen molar-refractivity contribution < 1.29 is 4.21 Å². The molecular formula is C24H25N3O2S2. The first-order chi connectivity index (χ1) is 15.1. The fourth-order valence-corrected chi connectivity index (χ4v) is 5.60. The fourth-order valence-electron chi connectivity index (χ4n) is 3.51. The lowest BCUT2D eigenvalue weighted by Crippen LogP contribution is -2.22. The Bertz CT molecular complexity index is 1260. The summed E-state index contributed by atoms with van der Waals surface area (Å²) >= 11 is 1.43. The van der Waals surface area contributed by atoms with Crippen LogP contribution in [-0.2, 0) is 23.1 Å². The Hall–Kier alpha value is -2.61. The van der Waals surface area contributed by atoms with Crippen molar-refractivity contribution in [3.05, 3.63) is 80.9 Å². The minimum Gasteiger partial charge on any atom is -0.321 e. The number of hydrogen-bond donors (Lipinski definition) is 1. The lowest BCUT2D eigenvalue weighted by Gasteiger charge is -2.18. The van der Waals surface area contributed by atoms with E-state index in [1.54, 1.807) is 0 Å². The highest BCUT2D eigenvalue weighted by Gasteiger charge is 2.13. The number of nitrogens with one attached hydrogen (secondary N) is 1. The second-order valence-corrected chi connectivity index (χ2v) is 9.72. The molecule has 5 nitrogen and oxygen atoms in total. The molecule has 31 heavy (non-hydrogen) atoms. The van der Waals surface area contributed by atoms with Gasteiger partial charge in [-0.2, -0.15) is 0 Å². The summed E-state index contributed by atoms with van der Waals surface area (Å²) < 4.78 is 12.6. The number of thiazole rings is 1. The van der Waals surface area contributed by atoms with Gasteiger partial charge in [-0.25, -0.2) is 4.98 Å². The molecule has 0 saturated carbocycles. The molecule has 1 N–H and O–H groups in total. The van der Waals surface area contributed by atoms with Crippen molar-refractivity contribution in [1.29, 1.82) is 0 Å². The highest BCUT2D eigenvalue weighted by Crippen LogP contribution is 2.24. The molecule has 2 aromatic carbocycles. The summed E-state index contributed by atoms with van der Waals surface area (Å²) in [5.74, 6) is 0.342. The van der Waals surface area contributed by atoms with E-state index in [0.717, 1.165) is 40.4 Å². The Morgan fingerprint density at radius 3 is 2.58 bits per heavy atom. The predicted octanol–water partition coefficient (Wildman–Crippen LogP) is 4.80. The Kier molecular flexibility index (Phi) is 6.75. The lowest BCUT2D eigenvalue weighted by molar-refractivity contribution is 0.296.